The minimum absolute atomic E-state index is 0.877. The molecule has 0 unspecified atom stereocenters. The molecule has 2 fully saturated rings. The molecule has 1 aromatic rings. The van der Waals surface area contributed by atoms with Crippen LogP contribution in [0.25, 0.3) is 0 Å². The monoisotopic (exact) mass is 452 g/mol. The zero-order valence-electron chi connectivity index (χ0n) is 12.0. The van der Waals surface area contributed by atoms with Crippen molar-refractivity contribution in [2.24, 2.45) is 0 Å². The van der Waals surface area contributed by atoms with Gasteiger partial charge >= 0.3 is 133 Å². The van der Waals surface area contributed by atoms with Crippen LogP contribution in [0.2, 0.25) is 0 Å². The van der Waals surface area contributed by atoms with Gasteiger partial charge in [-0.1, -0.05) is 0 Å². The van der Waals surface area contributed by atoms with Crippen LogP contribution in [0.5, 0.6) is 0 Å². The molecular weight excluding hydrogens is 425 g/mol. The minimum atomic E-state index is 0.877. The maximum absolute atomic E-state index is 2.63. The number of rotatable bonds is 2. The Balaban J connectivity index is 1.82. The molecule has 0 saturated heterocycles. The molecule has 0 heterocycles. The van der Waals surface area contributed by atoms with Gasteiger partial charge < -0.3 is 0 Å². The van der Waals surface area contributed by atoms with E-state index in [4.69, 9.17) is 0 Å². The van der Waals surface area contributed by atoms with E-state index in [0.29, 0.717) is 0 Å². The Morgan fingerprint density at radius 1 is 0.737 bits per heavy atom. The van der Waals surface area contributed by atoms with Crippen molar-refractivity contribution in [1.29, 1.82) is 0 Å². The molecule has 0 nitrogen and oxygen atoms in total. The summed E-state index contributed by atoms with van der Waals surface area (Å²) in [4.78, 5) is 0. The fourth-order valence-corrected chi connectivity index (χ4v) is 5.66. The normalized spacial score (nSPS) is 22.6. The molecule has 0 amide bonds. The molecule has 0 N–H and O–H groups in total. The first kappa shape index (κ1) is 14.1. The average molecular weight is 452 g/mol. The molecule has 2 aliphatic carbocycles. The molecule has 0 atom stereocenters. The molecule has 0 radical (unpaired) electrons. The summed E-state index contributed by atoms with van der Waals surface area (Å²) < 4.78 is 1.70. The van der Waals surface area contributed by atoms with Crippen LogP contribution in [0.3, 0.4) is 0 Å². The van der Waals surface area contributed by atoms with E-state index in [1.807, 2.05) is 0 Å². The van der Waals surface area contributed by atoms with Gasteiger partial charge in [-0.15, -0.1) is 0 Å². The predicted molar refractivity (Wildman–Crippen MR) is 86.3 cm³/mol. The summed E-state index contributed by atoms with van der Waals surface area (Å²) in [6.45, 7) is 0. The Labute approximate surface area is 133 Å². The zero-order valence-corrected chi connectivity index (χ0v) is 16.5. The molecule has 2 aliphatic rings. The van der Waals surface area contributed by atoms with Gasteiger partial charge in [0, 0.05) is 0 Å². The first-order chi connectivity index (χ1) is 9.34. The van der Waals surface area contributed by atoms with Crippen LogP contribution in [0.1, 0.15) is 87.2 Å². The zero-order chi connectivity index (χ0) is 13.1. The van der Waals surface area contributed by atoms with E-state index in [9.17, 15) is 0 Å². The van der Waals surface area contributed by atoms with E-state index < -0.39 is 0 Å². The number of hydrogen-bond acceptors (Lipinski definition) is 0. The third-order valence-electron chi connectivity index (χ3n) is 5.23. The second kappa shape index (κ2) is 6.70. The summed E-state index contributed by atoms with van der Waals surface area (Å²) >= 11 is 1.00. The molecule has 0 spiro atoms. The van der Waals surface area contributed by atoms with Gasteiger partial charge in [0.2, 0.25) is 0 Å². The third-order valence-corrected chi connectivity index (χ3v) is 7.28. The van der Waals surface area contributed by atoms with Gasteiger partial charge in [0.05, 0.1) is 0 Å². The predicted octanol–water partition coefficient (Wildman–Crippen LogP) is 4.04. The van der Waals surface area contributed by atoms with Crippen molar-refractivity contribution >= 4 is 28.0 Å². The third kappa shape index (κ3) is 3.41. The van der Waals surface area contributed by atoms with Gasteiger partial charge in [-0.05, 0) is 0 Å². The summed E-state index contributed by atoms with van der Waals surface area (Å²) in [6.07, 6.45) is 14.5. The molecule has 0 aromatic heterocycles. The fourth-order valence-electron chi connectivity index (χ4n) is 4.05. The van der Waals surface area contributed by atoms with Crippen LogP contribution in [-0.4, -0.2) is 24.7 Å². The van der Waals surface area contributed by atoms with E-state index in [1.165, 1.54) is 64.2 Å². The SMILES string of the molecule is [BiH2][c]1ccc(C2CCCCC2)cc1C1CCCCC1. The van der Waals surface area contributed by atoms with Crippen LogP contribution >= 0.6 is 0 Å². The number of benzene rings is 1. The van der Waals surface area contributed by atoms with Crippen LogP contribution in [-0.2, 0) is 0 Å². The van der Waals surface area contributed by atoms with Crippen LogP contribution in [0.4, 0.5) is 0 Å². The first-order valence-corrected chi connectivity index (χ1v) is 10.5. The van der Waals surface area contributed by atoms with Crippen molar-refractivity contribution in [3.63, 3.8) is 0 Å². The van der Waals surface area contributed by atoms with Gasteiger partial charge in [-0.25, -0.2) is 0 Å². The second-order valence-corrected chi connectivity index (χ2v) is 8.98. The molecule has 1 heteroatoms. The van der Waals surface area contributed by atoms with Crippen molar-refractivity contribution in [2.45, 2.75) is 76.0 Å². The van der Waals surface area contributed by atoms with E-state index >= 15 is 0 Å². The van der Waals surface area contributed by atoms with Crippen molar-refractivity contribution in [3.05, 3.63) is 29.3 Å². The van der Waals surface area contributed by atoms with Crippen molar-refractivity contribution in [1.82, 2.24) is 0 Å². The second-order valence-electron chi connectivity index (χ2n) is 6.56. The molecule has 104 valence electrons. The Morgan fingerprint density at radius 2 is 1.32 bits per heavy atom. The van der Waals surface area contributed by atoms with Gasteiger partial charge in [0.15, 0.2) is 0 Å². The Morgan fingerprint density at radius 3 is 1.95 bits per heavy atom. The van der Waals surface area contributed by atoms with Crippen molar-refractivity contribution in [3.8, 4) is 0 Å². The van der Waals surface area contributed by atoms with E-state index in [0.717, 1.165) is 36.6 Å². The van der Waals surface area contributed by atoms with Crippen molar-refractivity contribution in [2.75, 3.05) is 0 Å². The topological polar surface area (TPSA) is 0 Å². The fraction of sp³-hybridized carbons (Fsp3) is 0.667. The summed E-state index contributed by atoms with van der Waals surface area (Å²) in [7, 11) is 0. The van der Waals surface area contributed by atoms with E-state index in [2.05, 4.69) is 18.2 Å². The Kier molecular flexibility index (Phi) is 4.96. The van der Waals surface area contributed by atoms with E-state index in [1.54, 1.807) is 14.4 Å². The van der Waals surface area contributed by atoms with Crippen LogP contribution < -0.4 is 3.27 Å². The quantitative estimate of drug-likeness (QED) is 0.595. The Hall–Kier alpha value is 0.103. The molecule has 1 aromatic carbocycles. The van der Waals surface area contributed by atoms with Gasteiger partial charge in [-0.2, -0.15) is 0 Å². The van der Waals surface area contributed by atoms with Crippen LogP contribution in [0, 0.1) is 0 Å². The summed E-state index contributed by atoms with van der Waals surface area (Å²) in [5.74, 6) is 1.78. The van der Waals surface area contributed by atoms with E-state index in [-0.39, 0.29) is 0 Å². The standard InChI is InChI=1S/C18H25.Bi.2H/c1-3-8-15(9-4-1)17-12-7-13-18(14-17)16-10-5-2-6-11-16;;;/h7,12,14-16H,1-6,8-11H2;;;. The molecular formula is C18H27Bi. The molecule has 2 saturated carbocycles. The Bertz CT molecular complexity index is 412. The molecule has 0 bridgehead atoms. The summed E-state index contributed by atoms with van der Waals surface area (Å²) in [5, 5.41) is 0. The first-order valence-electron chi connectivity index (χ1n) is 8.24. The molecule has 0 aliphatic heterocycles. The van der Waals surface area contributed by atoms with Gasteiger partial charge in [0.25, 0.3) is 0 Å². The maximum atomic E-state index is 2.63. The van der Waals surface area contributed by atoms with Gasteiger partial charge in [-0.3, -0.25) is 0 Å². The average Bonchev–Trinajstić information content (AvgIpc) is 2.49. The molecule has 3 rings (SSSR count). The summed E-state index contributed by atoms with van der Waals surface area (Å²) in [5.41, 5.74) is 3.43. The van der Waals surface area contributed by atoms with Crippen molar-refractivity contribution < 1.29 is 0 Å². The summed E-state index contributed by atoms with van der Waals surface area (Å²) in [6, 6.07) is 7.55. The number of hydrogen-bond donors (Lipinski definition) is 0. The van der Waals surface area contributed by atoms with Crippen LogP contribution in [0.15, 0.2) is 18.2 Å². The molecule has 19 heavy (non-hydrogen) atoms. The van der Waals surface area contributed by atoms with Gasteiger partial charge in [0.1, 0.15) is 0 Å².